The molecule has 2 heterocycles. The molecule has 0 bridgehead atoms. The van der Waals surface area contributed by atoms with Gasteiger partial charge in [-0.1, -0.05) is 31.0 Å². The lowest BCUT2D eigenvalue weighted by atomic mass is 9.77. The SMILES string of the molecule is CC1Cc2ccccc2N1C(=O)C1CCCCC1C(=O)Nc1ccncc1. The molecule has 1 aromatic heterocycles. The van der Waals surface area contributed by atoms with E-state index in [1.165, 1.54) is 5.56 Å². The zero-order valence-electron chi connectivity index (χ0n) is 15.6. The fourth-order valence-corrected chi connectivity index (χ4v) is 4.49. The molecule has 0 spiro atoms. The second-order valence-electron chi connectivity index (χ2n) is 7.61. The summed E-state index contributed by atoms with van der Waals surface area (Å²) in [6, 6.07) is 11.8. The van der Waals surface area contributed by atoms with Crippen LogP contribution in [0.15, 0.2) is 48.8 Å². The normalized spacial score (nSPS) is 24.3. The molecule has 0 saturated heterocycles. The molecular weight excluding hydrogens is 338 g/mol. The van der Waals surface area contributed by atoms with E-state index < -0.39 is 0 Å². The third kappa shape index (κ3) is 3.46. The Morgan fingerprint density at radius 3 is 2.52 bits per heavy atom. The molecule has 2 aromatic rings. The number of pyridine rings is 1. The van der Waals surface area contributed by atoms with Crippen molar-refractivity contribution < 1.29 is 9.59 Å². The first-order chi connectivity index (χ1) is 13.1. The van der Waals surface area contributed by atoms with Gasteiger partial charge in [-0.15, -0.1) is 0 Å². The number of amides is 2. The second kappa shape index (κ2) is 7.51. The topological polar surface area (TPSA) is 62.3 Å². The number of carbonyl (C=O) groups excluding carboxylic acids is 2. The minimum absolute atomic E-state index is 0.0561. The first kappa shape index (κ1) is 17.7. The quantitative estimate of drug-likeness (QED) is 0.902. The van der Waals surface area contributed by atoms with Crippen LogP contribution in [-0.4, -0.2) is 22.8 Å². The Kier molecular flexibility index (Phi) is 4.92. The Bertz CT molecular complexity index is 836. The van der Waals surface area contributed by atoms with Gasteiger partial charge in [0.1, 0.15) is 0 Å². The summed E-state index contributed by atoms with van der Waals surface area (Å²) < 4.78 is 0. The van der Waals surface area contributed by atoms with Crippen molar-refractivity contribution in [3.05, 3.63) is 54.4 Å². The lowest BCUT2D eigenvalue weighted by molar-refractivity contribution is -0.132. The number of carbonyl (C=O) groups is 2. The van der Waals surface area contributed by atoms with Crippen LogP contribution in [0.25, 0.3) is 0 Å². The first-order valence-electron chi connectivity index (χ1n) is 9.77. The van der Waals surface area contributed by atoms with Crippen LogP contribution in [0.1, 0.15) is 38.2 Å². The predicted molar refractivity (Wildman–Crippen MR) is 105 cm³/mol. The van der Waals surface area contributed by atoms with E-state index in [0.29, 0.717) is 0 Å². The number of hydrogen-bond donors (Lipinski definition) is 1. The molecule has 1 aliphatic heterocycles. The number of hydrogen-bond acceptors (Lipinski definition) is 3. The highest BCUT2D eigenvalue weighted by atomic mass is 16.2. The van der Waals surface area contributed by atoms with Crippen molar-refractivity contribution in [1.82, 2.24) is 4.98 Å². The van der Waals surface area contributed by atoms with Crippen molar-refractivity contribution in [2.45, 2.75) is 45.1 Å². The summed E-state index contributed by atoms with van der Waals surface area (Å²) in [6.07, 6.45) is 7.71. The van der Waals surface area contributed by atoms with Gasteiger partial charge in [0.15, 0.2) is 0 Å². The Balaban J connectivity index is 1.55. The van der Waals surface area contributed by atoms with Gasteiger partial charge < -0.3 is 10.2 Å². The lowest BCUT2D eigenvalue weighted by Crippen LogP contribution is -2.46. The average molecular weight is 363 g/mol. The first-order valence-corrected chi connectivity index (χ1v) is 9.77. The second-order valence-corrected chi connectivity index (χ2v) is 7.61. The van der Waals surface area contributed by atoms with Crippen molar-refractivity contribution in [3.63, 3.8) is 0 Å². The van der Waals surface area contributed by atoms with E-state index in [1.807, 2.05) is 23.1 Å². The number of benzene rings is 1. The highest BCUT2D eigenvalue weighted by Gasteiger charge is 2.41. The number of nitrogens with one attached hydrogen (secondary N) is 1. The average Bonchev–Trinajstić information content (AvgIpc) is 3.04. The highest BCUT2D eigenvalue weighted by molar-refractivity contribution is 6.02. The van der Waals surface area contributed by atoms with E-state index in [-0.39, 0.29) is 29.7 Å². The largest absolute Gasteiger partial charge is 0.326 e. The molecule has 3 atom stereocenters. The van der Waals surface area contributed by atoms with Crippen LogP contribution in [0.5, 0.6) is 0 Å². The molecule has 5 heteroatoms. The molecule has 1 N–H and O–H groups in total. The van der Waals surface area contributed by atoms with Gasteiger partial charge in [0.2, 0.25) is 11.8 Å². The molecule has 27 heavy (non-hydrogen) atoms. The molecule has 1 fully saturated rings. The molecule has 2 aliphatic rings. The molecule has 0 radical (unpaired) electrons. The molecule has 1 aromatic carbocycles. The van der Waals surface area contributed by atoms with Crippen molar-refractivity contribution in [3.8, 4) is 0 Å². The van der Waals surface area contributed by atoms with E-state index in [0.717, 1.165) is 43.5 Å². The van der Waals surface area contributed by atoms with Gasteiger partial charge in [-0.05, 0) is 49.9 Å². The third-order valence-corrected chi connectivity index (χ3v) is 5.81. The third-order valence-electron chi connectivity index (χ3n) is 5.81. The van der Waals surface area contributed by atoms with E-state index in [9.17, 15) is 9.59 Å². The van der Waals surface area contributed by atoms with E-state index in [1.54, 1.807) is 24.5 Å². The maximum absolute atomic E-state index is 13.5. The number of aromatic nitrogens is 1. The Labute approximate surface area is 159 Å². The van der Waals surface area contributed by atoms with Crippen molar-refractivity contribution >= 4 is 23.2 Å². The Hall–Kier alpha value is -2.69. The van der Waals surface area contributed by atoms with E-state index in [2.05, 4.69) is 23.3 Å². The highest BCUT2D eigenvalue weighted by Crippen LogP contribution is 2.38. The fourth-order valence-electron chi connectivity index (χ4n) is 4.49. The summed E-state index contributed by atoms with van der Waals surface area (Å²) in [6.45, 7) is 2.09. The number of anilines is 2. The zero-order chi connectivity index (χ0) is 18.8. The Morgan fingerprint density at radius 2 is 1.74 bits per heavy atom. The molecule has 4 rings (SSSR count). The summed E-state index contributed by atoms with van der Waals surface area (Å²) >= 11 is 0. The standard InChI is InChI=1S/C22H25N3O2/c1-15-14-16-6-2-5-9-20(16)25(15)22(27)19-8-4-3-7-18(19)21(26)24-17-10-12-23-13-11-17/h2,5-6,9-13,15,18-19H,3-4,7-8,14H2,1H3,(H,23,24,26). The van der Waals surface area contributed by atoms with Gasteiger partial charge in [0, 0.05) is 35.7 Å². The number of para-hydroxylation sites is 1. The maximum Gasteiger partial charge on any atom is 0.231 e. The summed E-state index contributed by atoms with van der Waals surface area (Å²) in [5, 5.41) is 2.97. The molecule has 5 nitrogen and oxygen atoms in total. The van der Waals surface area contributed by atoms with Crippen LogP contribution in [0, 0.1) is 11.8 Å². The van der Waals surface area contributed by atoms with Crippen molar-refractivity contribution in [2.24, 2.45) is 11.8 Å². The van der Waals surface area contributed by atoms with Crippen LogP contribution in [0.4, 0.5) is 11.4 Å². The zero-order valence-corrected chi connectivity index (χ0v) is 15.6. The molecule has 1 saturated carbocycles. The van der Waals surface area contributed by atoms with Gasteiger partial charge in [-0.25, -0.2) is 0 Å². The maximum atomic E-state index is 13.5. The van der Waals surface area contributed by atoms with Crippen LogP contribution in [0.3, 0.4) is 0 Å². The fraction of sp³-hybridized carbons (Fsp3) is 0.409. The number of rotatable bonds is 3. The molecular formula is C22H25N3O2. The van der Waals surface area contributed by atoms with Crippen molar-refractivity contribution in [1.29, 1.82) is 0 Å². The van der Waals surface area contributed by atoms with Gasteiger partial charge in [0.05, 0.1) is 5.92 Å². The van der Waals surface area contributed by atoms with Crippen LogP contribution < -0.4 is 10.2 Å². The van der Waals surface area contributed by atoms with Crippen LogP contribution in [-0.2, 0) is 16.0 Å². The number of fused-ring (bicyclic) bond motifs is 1. The minimum atomic E-state index is -0.278. The Morgan fingerprint density at radius 1 is 1.04 bits per heavy atom. The minimum Gasteiger partial charge on any atom is -0.326 e. The smallest absolute Gasteiger partial charge is 0.231 e. The predicted octanol–water partition coefficient (Wildman–Crippen LogP) is 3.80. The molecule has 2 amide bonds. The van der Waals surface area contributed by atoms with Gasteiger partial charge >= 0.3 is 0 Å². The van der Waals surface area contributed by atoms with Gasteiger partial charge in [-0.3, -0.25) is 14.6 Å². The van der Waals surface area contributed by atoms with E-state index >= 15 is 0 Å². The van der Waals surface area contributed by atoms with Crippen LogP contribution >= 0.6 is 0 Å². The van der Waals surface area contributed by atoms with Gasteiger partial charge in [0.25, 0.3) is 0 Å². The summed E-state index contributed by atoms with van der Waals surface area (Å²) in [4.78, 5) is 32.3. The molecule has 140 valence electrons. The summed E-state index contributed by atoms with van der Waals surface area (Å²) in [5.41, 5.74) is 2.95. The monoisotopic (exact) mass is 363 g/mol. The van der Waals surface area contributed by atoms with Gasteiger partial charge in [-0.2, -0.15) is 0 Å². The molecule has 3 unspecified atom stereocenters. The summed E-state index contributed by atoms with van der Waals surface area (Å²) in [5.74, 6) is -0.491. The molecule has 1 aliphatic carbocycles. The van der Waals surface area contributed by atoms with Crippen molar-refractivity contribution in [2.75, 3.05) is 10.2 Å². The lowest BCUT2D eigenvalue weighted by Gasteiger charge is -2.34. The van der Waals surface area contributed by atoms with E-state index in [4.69, 9.17) is 0 Å². The van der Waals surface area contributed by atoms with Crippen LogP contribution in [0.2, 0.25) is 0 Å². The summed E-state index contributed by atoms with van der Waals surface area (Å²) in [7, 11) is 0. The number of nitrogens with zero attached hydrogens (tertiary/aromatic N) is 2.